The Morgan fingerprint density at radius 3 is 2.47 bits per heavy atom. The summed E-state index contributed by atoms with van der Waals surface area (Å²) in [5.41, 5.74) is 0. The number of hydrogen-bond donors (Lipinski definition) is 2. The zero-order valence-corrected chi connectivity index (χ0v) is 11.4. The molecule has 1 aliphatic carbocycles. The first-order chi connectivity index (χ1) is 9.08. The Labute approximate surface area is 113 Å². The van der Waals surface area contributed by atoms with Crippen LogP contribution in [-0.4, -0.2) is 35.7 Å². The summed E-state index contributed by atoms with van der Waals surface area (Å²) in [6.45, 7) is 2.93. The minimum atomic E-state index is -0.976. The smallest absolute Gasteiger partial charge is 0.332 e. The van der Waals surface area contributed by atoms with Crippen LogP contribution in [-0.2, 0) is 14.3 Å². The molecule has 5 nitrogen and oxygen atoms in total. The Bertz CT molecular complexity index is 344. The highest BCUT2D eigenvalue weighted by Gasteiger charge is 2.35. The van der Waals surface area contributed by atoms with Gasteiger partial charge in [-0.05, 0) is 31.1 Å². The maximum absolute atomic E-state index is 11.9. The van der Waals surface area contributed by atoms with E-state index in [1.165, 1.54) is 25.7 Å². The van der Waals surface area contributed by atoms with Gasteiger partial charge in [-0.2, -0.15) is 0 Å². The molecule has 19 heavy (non-hydrogen) atoms. The van der Waals surface area contributed by atoms with Gasteiger partial charge >= 0.3 is 5.97 Å². The van der Waals surface area contributed by atoms with Crippen LogP contribution < -0.4 is 5.32 Å². The molecule has 1 heterocycles. The fourth-order valence-electron chi connectivity index (χ4n) is 3.05. The van der Waals surface area contributed by atoms with Crippen LogP contribution >= 0.6 is 0 Å². The highest BCUT2D eigenvalue weighted by molar-refractivity contribution is 5.82. The second-order valence-corrected chi connectivity index (χ2v) is 5.80. The van der Waals surface area contributed by atoms with Crippen molar-refractivity contribution in [1.29, 1.82) is 0 Å². The molecule has 0 radical (unpaired) electrons. The number of hydrogen-bond acceptors (Lipinski definition) is 3. The van der Waals surface area contributed by atoms with Crippen molar-refractivity contribution in [3.05, 3.63) is 0 Å². The Morgan fingerprint density at radius 1 is 1.16 bits per heavy atom. The summed E-state index contributed by atoms with van der Waals surface area (Å²) >= 11 is 0. The zero-order valence-electron chi connectivity index (χ0n) is 11.4. The number of aliphatic carboxylic acids is 1. The third-order valence-corrected chi connectivity index (χ3v) is 4.42. The van der Waals surface area contributed by atoms with E-state index in [1.807, 2.05) is 0 Å². The van der Waals surface area contributed by atoms with E-state index in [2.05, 4.69) is 12.2 Å². The lowest BCUT2D eigenvalue weighted by molar-refractivity contribution is -0.151. The second kappa shape index (κ2) is 6.37. The number of ether oxygens (including phenoxy) is 1. The van der Waals surface area contributed by atoms with Gasteiger partial charge in [0.1, 0.15) is 6.10 Å². The molecule has 0 aromatic heterocycles. The molecule has 2 rings (SSSR count). The predicted molar refractivity (Wildman–Crippen MR) is 69.7 cm³/mol. The average molecular weight is 269 g/mol. The second-order valence-electron chi connectivity index (χ2n) is 5.80. The van der Waals surface area contributed by atoms with Crippen molar-refractivity contribution in [2.75, 3.05) is 6.54 Å². The van der Waals surface area contributed by atoms with Crippen molar-refractivity contribution >= 4 is 11.9 Å². The topological polar surface area (TPSA) is 75.6 Å². The third-order valence-electron chi connectivity index (χ3n) is 4.42. The fraction of sp³-hybridized carbons (Fsp3) is 0.857. The molecule has 1 aliphatic heterocycles. The van der Waals surface area contributed by atoms with Gasteiger partial charge in [-0.1, -0.05) is 26.2 Å². The summed E-state index contributed by atoms with van der Waals surface area (Å²) in [6.07, 6.45) is 4.47. The summed E-state index contributed by atoms with van der Waals surface area (Å²) in [6, 6.07) is 0. The maximum atomic E-state index is 11.9. The average Bonchev–Trinajstić information content (AvgIpc) is 2.87. The normalized spacial score (nSPS) is 35.0. The van der Waals surface area contributed by atoms with E-state index in [0.29, 0.717) is 31.2 Å². The van der Waals surface area contributed by atoms with Gasteiger partial charge in [0.2, 0.25) is 5.91 Å². The zero-order chi connectivity index (χ0) is 13.8. The minimum absolute atomic E-state index is 0.151. The first kappa shape index (κ1) is 14.3. The first-order valence-electron chi connectivity index (χ1n) is 7.24. The molecule has 0 aromatic carbocycles. The van der Waals surface area contributed by atoms with Crippen molar-refractivity contribution in [2.45, 2.75) is 57.7 Å². The lowest BCUT2D eigenvalue weighted by atomic mass is 9.80. The van der Waals surface area contributed by atoms with E-state index in [9.17, 15) is 9.59 Å². The molecule has 0 aromatic rings. The molecule has 2 N–H and O–H groups in total. The summed E-state index contributed by atoms with van der Waals surface area (Å²) in [5, 5.41) is 11.8. The van der Waals surface area contributed by atoms with Crippen LogP contribution in [0.5, 0.6) is 0 Å². The van der Waals surface area contributed by atoms with Crippen molar-refractivity contribution in [1.82, 2.24) is 5.32 Å². The van der Waals surface area contributed by atoms with Gasteiger partial charge in [0, 0.05) is 6.54 Å². The van der Waals surface area contributed by atoms with Crippen LogP contribution in [0.25, 0.3) is 0 Å². The van der Waals surface area contributed by atoms with E-state index in [4.69, 9.17) is 9.84 Å². The maximum Gasteiger partial charge on any atom is 0.332 e. The van der Waals surface area contributed by atoms with E-state index in [1.54, 1.807) is 0 Å². The van der Waals surface area contributed by atoms with Crippen LogP contribution in [0.2, 0.25) is 0 Å². The monoisotopic (exact) mass is 269 g/mol. The standard InChI is InChI=1S/C14H23NO4/c1-9-4-2-3-5-10(9)8-15-13(16)11-6-7-12(19-11)14(17)18/h9-12H,2-8H2,1H3,(H,15,16)(H,17,18). The first-order valence-corrected chi connectivity index (χ1v) is 7.24. The molecule has 5 heteroatoms. The number of carbonyl (C=O) groups is 2. The van der Waals surface area contributed by atoms with Gasteiger partial charge in [0.25, 0.3) is 0 Å². The molecule has 1 amide bonds. The highest BCUT2D eigenvalue weighted by Crippen LogP contribution is 2.29. The van der Waals surface area contributed by atoms with Gasteiger partial charge in [-0.15, -0.1) is 0 Å². The molecule has 108 valence electrons. The Morgan fingerprint density at radius 2 is 1.84 bits per heavy atom. The van der Waals surface area contributed by atoms with E-state index in [-0.39, 0.29) is 5.91 Å². The van der Waals surface area contributed by atoms with Crippen LogP contribution in [0.15, 0.2) is 0 Å². The molecule has 0 bridgehead atoms. The molecule has 2 fully saturated rings. The van der Waals surface area contributed by atoms with Crippen molar-refractivity contribution < 1.29 is 19.4 Å². The predicted octanol–water partition coefficient (Wildman–Crippen LogP) is 1.56. The van der Waals surface area contributed by atoms with Crippen LogP contribution in [0.4, 0.5) is 0 Å². The molecule has 0 spiro atoms. The largest absolute Gasteiger partial charge is 0.479 e. The van der Waals surface area contributed by atoms with Gasteiger partial charge in [0.15, 0.2) is 6.10 Å². The number of rotatable bonds is 4. The molecular formula is C14H23NO4. The minimum Gasteiger partial charge on any atom is -0.479 e. The quantitative estimate of drug-likeness (QED) is 0.812. The summed E-state index contributed by atoms with van der Waals surface area (Å²) < 4.78 is 5.24. The molecule has 4 atom stereocenters. The number of carbonyl (C=O) groups excluding carboxylic acids is 1. The van der Waals surface area contributed by atoms with Crippen LogP contribution in [0.3, 0.4) is 0 Å². The SMILES string of the molecule is CC1CCCCC1CNC(=O)C1CCC(C(=O)O)O1. The van der Waals surface area contributed by atoms with Crippen molar-refractivity contribution in [3.63, 3.8) is 0 Å². The molecular weight excluding hydrogens is 246 g/mol. The number of carboxylic acids is 1. The molecule has 1 saturated carbocycles. The van der Waals surface area contributed by atoms with E-state index < -0.39 is 18.2 Å². The van der Waals surface area contributed by atoms with Gasteiger partial charge < -0.3 is 15.2 Å². The fourth-order valence-corrected chi connectivity index (χ4v) is 3.05. The van der Waals surface area contributed by atoms with E-state index in [0.717, 1.165) is 0 Å². The third kappa shape index (κ3) is 3.69. The summed E-state index contributed by atoms with van der Waals surface area (Å²) in [7, 11) is 0. The number of carboxylic acid groups (broad SMARTS) is 1. The number of nitrogens with one attached hydrogen (secondary N) is 1. The Hall–Kier alpha value is -1.10. The molecule has 1 saturated heterocycles. The Balaban J connectivity index is 1.74. The lowest BCUT2D eigenvalue weighted by Gasteiger charge is -2.29. The van der Waals surface area contributed by atoms with Crippen molar-refractivity contribution in [2.24, 2.45) is 11.8 Å². The van der Waals surface area contributed by atoms with Gasteiger partial charge in [-0.3, -0.25) is 4.79 Å². The lowest BCUT2D eigenvalue weighted by Crippen LogP contribution is -2.39. The Kier molecular flexibility index (Phi) is 4.80. The highest BCUT2D eigenvalue weighted by atomic mass is 16.5. The van der Waals surface area contributed by atoms with Crippen LogP contribution in [0, 0.1) is 11.8 Å². The van der Waals surface area contributed by atoms with E-state index >= 15 is 0 Å². The molecule has 4 unspecified atom stereocenters. The summed E-state index contributed by atoms with van der Waals surface area (Å²) in [5.74, 6) is 0.0809. The van der Waals surface area contributed by atoms with Crippen LogP contribution in [0.1, 0.15) is 45.4 Å². The van der Waals surface area contributed by atoms with Crippen molar-refractivity contribution in [3.8, 4) is 0 Å². The molecule has 2 aliphatic rings. The number of amides is 1. The summed E-state index contributed by atoms with van der Waals surface area (Å²) in [4.78, 5) is 22.7. The van der Waals surface area contributed by atoms with Gasteiger partial charge in [0.05, 0.1) is 0 Å². The van der Waals surface area contributed by atoms with Gasteiger partial charge in [-0.25, -0.2) is 4.79 Å².